The minimum Gasteiger partial charge on any atom is -0.493 e. The summed E-state index contributed by atoms with van der Waals surface area (Å²) < 4.78 is 11.5. The third-order valence-corrected chi connectivity index (χ3v) is 4.14. The van der Waals surface area contributed by atoms with E-state index in [-0.39, 0.29) is 5.91 Å². The first-order valence-corrected chi connectivity index (χ1v) is 9.15. The molecule has 0 aliphatic carbocycles. The van der Waals surface area contributed by atoms with Gasteiger partial charge in [0.05, 0.1) is 6.61 Å². The molecule has 0 saturated heterocycles. The van der Waals surface area contributed by atoms with Gasteiger partial charge >= 0.3 is 0 Å². The average Bonchev–Trinajstić information content (AvgIpc) is 2.55. The molecule has 1 aromatic rings. The van der Waals surface area contributed by atoms with Crippen molar-refractivity contribution in [3.05, 3.63) is 23.8 Å². The maximum absolute atomic E-state index is 12.7. The first-order valence-electron chi connectivity index (χ1n) is 9.15. The number of unbranched alkanes of at least 4 members (excludes halogenated alkanes) is 2. The fourth-order valence-corrected chi connectivity index (χ4v) is 2.56. The molecule has 0 aliphatic rings. The highest BCUT2D eigenvalue weighted by Crippen LogP contribution is 2.25. The van der Waals surface area contributed by atoms with Crippen molar-refractivity contribution in [3.8, 4) is 5.75 Å². The zero-order valence-electron chi connectivity index (χ0n) is 15.9. The van der Waals surface area contributed by atoms with Crippen molar-refractivity contribution in [1.82, 2.24) is 0 Å². The number of hydrogen-bond acceptors (Lipinski definition) is 3. The van der Waals surface area contributed by atoms with Gasteiger partial charge in [-0.25, -0.2) is 0 Å². The van der Waals surface area contributed by atoms with Crippen LogP contribution in [0.3, 0.4) is 0 Å². The lowest BCUT2D eigenvalue weighted by atomic mass is 9.97. The fourth-order valence-electron chi connectivity index (χ4n) is 2.56. The van der Waals surface area contributed by atoms with E-state index in [9.17, 15) is 4.79 Å². The number of nitrogens with one attached hydrogen (secondary N) is 1. The lowest BCUT2D eigenvalue weighted by molar-refractivity contribution is -0.139. The molecule has 0 radical (unpaired) electrons. The Hall–Kier alpha value is -1.55. The monoisotopic (exact) mass is 335 g/mol. The zero-order valence-corrected chi connectivity index (χ0v) is 15.9. The Morgan fingerprint density at radius 3 is 2.46 bits per heavy atom. The molecular weight excluding hydrogens is 302 g/mol. The highest BCUT2D eigenvalue weighted by molar-refractivity contribution is 5.97. The van der Waals surface area contributed by atoms with E-state index in [0.29, 0.717) is 6.61 Å². The smallest absolute Gasteiger partial charge is 0.256 e. The second kappa shape index (κ2) is 10.3. The maximum Gasteiger partial charge on any atom is 0.256 e. The molecule has 1 amide bonds. The number of benzene rings is 1. The SMILES string of the molecule is CCCCOc1ccc(NC(=O)[C@@](C)(CCCC)OCC)cc1C. The van der Waals surface area contributed by atoms with Gasteiger partial charge in [-0.15, -0.1) is 0 Å². The molecule has 24 heavy (non-hydrogen) atoms. The van der Waals surface area contributed by atoms with Crippen molar-refractivity contribution in [3.63, 3.8) is 0 Å². The molecule has 0 aromatic heterocycles. The second-order valence-electron chi connectivity index (χ2n) is 6.40. The van der Waals surface area contributed by atoms with E-state index < -0.39 is 5.60 Å². The summed E-state index contributed by atoms with van der Waals surface area (Å²) in [7, 11) is 0. The van der Waals surface area contributed by atoms with Crippen LogP contribution in [-0.4, -0.2) is 24.7 Å². The number of carbonyl (C=O) groups excluding carboxylic acids is 1. The van der Waals surface area contributed by atoms with Crippen LogP contribution in [0.15, 0.2) is 18.2 Å². The first-order chi connectivity index (χ1) is 11.5. The van der Waals surface area contributed by atoms with Crippen molar-refractivity contribution < 1.29 is 14.3 Å². The van der Waals surface area contributed by atoms with Crippen LogP contribution in [0, 0.1) is 6.92 Å². The van der Waals surface area contributed by atoms with Gasteiger partial charge in [-0.3, -0.25) is 4.79 Å². The standard InChI is InChI=1S/C20H33NO3/c1-6-9-13-20(5,24-8-3)19(22)21-17-11-12-18(16(4)15-17)23-14-10-7-2/h11-12,15H,6-10,13-14H2,1-5H3,(H,21,22)/t20-/m1/s1. The van der Waals surface area contributed by atoms with Crippen molar-refractivity contribution in [2.45, 2.75) is 72.3 Å². The summed E-state index contributed by atoms with van der Waals surface area (Å²) in [5.41, 5.74) is 1.02. The van der Waals surface area contributed by atoms with Gasteiger partial charge in [0.2, 0.25) is 0 Å². The van der Waals surface area contributed by atoms with Crippen LogP contribution in [0.2, 0.25) is 0 Å². The Morgan fingerprint density at radius 1 is 1.17 bits per heavy atom. The van der Waals surface area contributed by atoms with Crippen LogP contribution in [0.1, 0.15) is 65.4 Å². The van der Waals surface area contributed by atoms with Crippen LogP contribution >= 0.6 is 0 Å². The second-order valence-corrected chi connectivity index (χ2v) is 6.40. The van der Waals surface area contributed by atoms with Crippen LogP contribution in [0.5, 0.6) is 5.75 Å². The molecule has 1 rings (SSSR count). The molecule has 0 heterocycles. The van der Waals surface area contributed by atoms with E-state index in [1.807, 2.05) is 39.0 Å². The summed E-state index contributed by atoms with van der Waals surface area (Å²) >= 11 is 0. The molecule has 0 unspecified atom stereocenters. The molecule has 4 nitrogen and oxygen atoms in total. The van der Waals surface area contributed by atoms with Gasteiger partial charge in [-0.05, 0) is 57.4 Å². The van der Waals surface area contributed by atoms with Crippen molar-refractivity contribution in [1.29, 1.82) is 0 Å². The number of anilines is 1. The summed E-state index contributed by atoms with van der Waals surface area (Å²) in [6.45, 7) is 11.3. The Kier molecular flexibility index (Phi) is 8.83. The molecule has 4 heteroatoms. The largest absolute Gasteiger partial charge is 0.493 e. The predicted octanol–water partition coefficient (Wildman–Crippen LogP) is 5.10. The van der Waals surface area contributed by atoms with Crippen LogP contribution in [0.25, 0.3) is 0 Å². The molecule has 0 spiro atoms. The predicted molar refractivity (Wildman–Crippen MR) is 99.8 cm³/mol. The Bertz CT molecular complexity index is 516. The van der Waals surface area contributed by atoms with E-state index in [2.05, 4.69) is 19.2 Å². The highest BCUT2D eigenvalue weighted by Gasteiger charge is 2.33. The van der Waals surface area contributed by atoms with Crippen molar-refractivity contribution in [2.24, 2.45) is 0 Å². The normalized spacial score (nSPS) is 13.4. The molecule has 1 aromatic carbocycles. The number of amides is 1. The minimum atomic E-state index is -0.783. The van der Waals surface area contributed by atoms with Gasteiger partial charge in [-0.2, -0.15) is 0 Å². The molecule has 0 aliphatic heterocycles. The number of rotatable bonds is 11. The fraction of sp³-hybridized carbons (Fsp3) is 0.650. The molecule has 0 saturated carbocycles. The average molecular weight is 335 g/mol. The number of hydrogen-bond donors (Lipinski definition) is 1. The van der Waals surface area contributed by atoms with Gasteiger partial charge in [0.25, 0.3) is 5.91 Å². The van der Waals surface area contributed by atoms with Gasteiger partial charge in [0.15, 0.2) is 0 Å². The number of carbonyl (C=O) groups is 1. The van der Waals surface area contributed by atoms with E-state index >= 15 is 0 Å². The summed E-state index contributed by atoms with van der Waals surface area (Å²) in [4.78, 5) is 12.7. The minimum absolute atomic E-state index is 0.0862. The Balaban J connectivity index is 2.76. The highest BCUT2D eigenvalue weighted by atomic mass is 16.5. The Labute approximate surface area is 146 Å². The van der Waals surface area contributed by atoms with Crippen LogP contribution < -0.4 is 10.1 Å². The van der Waals surface area contributed by atoms with Crippen molar-refractivity contribution >= 4 is 11.6 Å². The quantitative estimate of drug-likeness (QED) is 0.572. The summed E-state index contributed by atoms with van der Waals surface area (Å²) in [6, 6.07) is 5.76. The third kappa shape index (κ3) is 6.16. The molecule has 0 fully saturated rings. The lowest BCUT2D eigenvalue weighted by Crippen LogP contribution is -2.42. The summed E-state index contributed by atoms with van der Waals surface area (Å²) in [6.07, 6.45) is 4.88. The van der Waals surface area contributed by atoms with E-state index in [4.69, 9.17) is 9.47 Å². The van der Waals surface area contributed by atoms with Gasteiger partial charge in [0, 0.05) is 12.3 Å². The van der Waals surface area contributed by atoms with E-state index in [1.165, 1.54) is 0 Å². The van der Waals surface area contributed by atoms with Gasteiger partial charge in [-0.1, -0.05) is 33.1 Å². The van der Waals surface area contributed by atoms with E-state index in [1.54, 1.807) is 0 Å². The third-order valence-electron chi connectivity index (χ3n) is 4.14. The zero-order chi connectivity index (χ0) is 18.0. The maximum atomic E-state index is 12.7. The van der Waals surface area contributed by atoms with Gasteiger partial charge in [0.1, 0.15) is 11.4 Å². The van der Waals surface area contributed by atoms with Crippen LogP contribution in [-0.2, 0) is 9.53 Å². The number of aryl methyl sites for hydroxylation is 1. The molecule has 0 bridgehead atoms. The lowest BCUT2D eigenvalue weighted by Gasteiger charge is -2.28. The summed E-state index contributed by atoms with van der Waals surface area (Å²) in [5, 5.41) is 2.99. The van der Waals surface area contributed by atoms with E-state index in [0.717, 1.165) is 55.7 Å². The van der Waals surface area contributed by atoms with Crippen molar-refractivity contribution in [2.75, 3.05) is 18.5 Å². The van der Waals surface area contributed by atoms with Crippen LogP contribution in [0.4, 0.5) is 5.69 Å². The summed E-state index contributed by atoms with van der Waals surface area (Å²) in [5.74, 6) is 0.789. The van der Waals surface area contributed by atoms with Gasteiger partial charge < -0.3 is 14.8 Å². The topological polar surface area (TPSA) is 47.6 Å². The molecule has 136 valence electrons. The molecule has 1 N–H and O–H groups in total. The molecule has 1 atom stereocenters. The molecular formula is C20H33NO3. The first kappa shape index (κ1) is 20.5. The Morgan fingerprint density at radius 2 is 1.88 bits per heavy atom. The number of ether oxygens (including phenoxy) is 2.